The number of nitrogens with zero attached hydrogens (tertiary/aromatic N) is 1. The van der Waals surface area contributed by atoms with Crippen LogP contribution in [0.1, 0.15) is 59.8 Å². The second-order valence-corrected chi connectivity index (χ2v) is 6.29. The van der Waals surface area contributed by atoms with E-state index in [0.29, 0.717) is 17.9 Å². The molecule has 1 fully saturated rings. The Labute approximate surface area is 119 Å². The van der Waals surface area contributed by atoms with Gasteiger partial charge in [0.15, 0.2) is 0 Å². The molecule has 3 heteroatoms. The zero-order valence-corrected chi connectivity index (χ0v) is 13.2. The van der Waals surface area contributed by atoms with E-state index < -0.39 is 0 Å². The van der Waals surface area contributed by atoms with Crippen LogP contribution in [0.2, 0.25) is 0 Å². The topological polar surface area (TPSA) is 32.3 Å². The van der Waals surface area contributed by atoms with E-state index >= 15 is 0 Å². The molecule has 1 N–H and O–H groups in total. The highest BCUT2D eigenvalue weighted by Crippen LogP contribution is 2.23. The Bertz CT molecular complexity index is 249. The number of amides is 1. The fourth-order valence-electron chi connectivity index (χ4n) is 2.95. The van der Waals surface area contributed by atoms with Gasteiger partial charge in [0.25, 0.3) is 0 Å². The minimum atomic E-state index is 0.122. The first-order valence-electron chi connectivity index (χ1n) is 8.10. The Kier molecular flexibility index (Phi) is 7.44. The van der Waals surface area contributed by atoms with E-state index in [2.05, 4.69) is 24.1 Å². The average molecular weight is 268 g/mol. The second kappa shape index (κ2) is 8.57. The monoisotopic (exact) mass is 268 g/mol. The van der Waals surface area contributed by atoms with Crippen molar-refractivity contribution in [3.63, 3.8) is 0 Å². The Morgan fingerprint density at radius 3 is 2.58 bits per heavy atom. The molecule has 0 spiro atoms. The van der Waals surface area contributed by atoms with Crippen LogP contribution in [0.3, 0.4) is 0 Å². The van der Waals surface area contributed by atoms with Gasteiger partial charge in [0, 0.05) is 25.0 Å². The fourth-order valence-corrected chi connectivity index (χ4v) is 2.95. The third kappa shape index (κ3) is 5.52. The minimum Gasteiger partial charge on any atom is -0.341 e. The summed E-state index contributed by atoms with van der Waals surface area (Å²) in [5.74, 6) is 1.13. The van der Waals surface area contributed by atoms with E-state index in [0.717, 1.165) is 26.1 Å². The predicted molar refractivity (Wildman–Crippen MR) is 81.1 cm³/mol. The van der Waals surface area contributed by atoms with E-state index in [1.807, 2.05) is 13.8 Å². The molecule has 3 nitrogen and oxygen atoms in total. The van der Waals surface area contributed by atoms with Gasteiger partial charge >= 0.3 is 0 Å². The van der Waals surface area contributed by atoms with Gasteiger partial charge in [-0.15, -0.1) is 0 Å². The van der Waals surface area contributed by atoms with Gasteiger partial charge in [-0.2, -0.15) is 0 Å². The van der Waals surface area contributed by atoms with E-state index in [1.54, 1.807) is 0 Å². The molecular formula is C16H32N2O. The summed E-state index contributed by atoms with van der Waals surface area (Å²) in [5.41, 5.74) is 0. The molecule has 0 aromatic carbocycles. The van der Waals surface area contributed by atoms with E-state index in [9.17, 15) is 4.79 Å². The lowest BCUT2D eigenvalue weighted by molar-refractivity contribution is -0.136. The molecule has 0 aliphatic carbocycles. The molecule has 0 bridgehead atoms. The van der Waals surface area contributed by atoms with Crippen LogP contribution < -0.4 is 5.32 Å². The summed E-state index contributed by atoms with van der Waals surface area (Å²) in [6.45, 7) is 11.4. The first-order valence-corrected chi connectivity index (χ1v) is 8.10. The molecule has 112 valence electrons. The summed E-state index contributed by atoms with van der Waals surface area (Å²) in [6, 6.07) is 0.498. The lowest BCUT2D eigenvalue weighted by atomic mass is 9.89. The van der Waals surface area contributed by atoms with Crippen molar-refractivity contribution in [2.75, 3.05) is 19.6 Å². The van der Waals surface area contributed by atoms with Gasteiger partial charge < -0.3 is 10.2 Å². The van der Waals surface area contributed by atoms with Crippen molar-refractivity contribution in [3.05, 3.63) is 0 Å². The number of carbonyl (C=O) groups excluding carboxylic acids is 1. The maximum Gasteiger partial charge on any atom is 0.225 e. The summed E-state index contributed by atoms with van der Waals surface area (Å²) >= 11 is 0. The molecule has 1 aliphatic heterocycles. The van der Waals surface area contributed by atoms with Crippen molar-refractivity contribution >= 4 is 5.91 Å². The number of likely N-dealkylation sites (tertiary alicyclic amines) is 1. The van der Waals surface area contributed by atoms with Gasteiger partial charge in [-0.05, 0) is 31.7 Å². The van der Waals surface area contributed by atoms with Crippen LogP contribution in [0.4, 0.5) is 0 Å². The maximum absolute atomic E-state index is 12.2. The van der Waals surface area contributed by atoms with E-state index in [1.165, 1.54) is 25.7 Å². The summed E-state index contributed by atoms with van der Waals surface area (Å²) in [5, 5.41) is 3.61. The molecule has 0 saturated carbocycles. The quantitative estimate of drug-likeness (QED) is 0.769. The highest BCUT2D eigenvalue weighted by Gasteiger charge is 2.30. The Morgan fingerprint density at radius 1 is 1.26 bits per heavy atom. The standard InChI is InChI=1S/C16H32N2O/c1-5-7-8-14-10-15(17-9-6-2)12-18(11-14)16(19)13(3)4/h13-15,17H,5-12H2,1-4H3. The molecular weight excluding hydrogens is 236 g/mol. The van der Waals surface area contributed by atoms with Crippen molar-refractivity contribution in [1.29, 1.82) is 0 Å². The maximum atomic E-state index is 12.2. The number of rotatable bonds is 7. The largest absolute Gasteiger partial charge is 0.341 e. The lowest BCUT2D eigenvalue weighted by Crippen LogP contribution is -2.52. The van der Waals surface area contributed by atoms with Crippen LogP contribution in [-0.2, 0) is 4.79 Å². The number of piperidine rings is 1. The molecule has 1 aliphatic rings. The Morgan fingerprint density at radius 2 is 2.00 bits per heavy atom. The molecule has 0 radical (unpaired) electrons. The van der Waals surface area contributed by atoms with Crippen molar-refractivity contribution in [1.82, 2.24) is 10.2 Å². The zero-order valence-electron chi connectivity index (χ0n) is 13.2. The number of nitrogens with one attached hydrogen (secondary N) is 1. The van der Waals surface area contributed by atoms with Crippen molar-refractivity contribution in [2.45, 2.75) is 65.8 Å². The van der Waals surface area contributed by atoms with E-state index in [-0.39, 0.29) is 5.92 Å². The SMILES string of the molecule is CCCCC1CC(NCCC)CN(C(=O)C(C)C)C1. The smallest absolute Gasteiger partial charge is 0.225 e. The molecule has 2 unspecified atom stereocenters. The first-order chi connectivity index (χ1) is 9.08. The first kappa shape index (κ1) is 16.5. The molecule has 1 heterocycles. The lowest BCUT2D eigenvalue weighted by Gasteiger charge is -2.39. The second-order valence-electron chi connectivity index (χ2n) is 6.29. The van der Waals surface area contributed by atoms with Crippen LogP contribution in [-0.4, -0.2) is 36.5 Å². The minimum absolute atomic E-state index is 0.122. The van der Waals surface area contributed by atoms with Crippen molar-refractivity contribution < 1.29 is 4.79 Å². The molecule has 1 saturated heterocycles. The highest BCUT2D eigenvalue weighted by molar-refractivity contribution is 5.78. The van der Waals surface area contributed by atoms with Gasteiger partial charge in [0.1, 0.15) is 0 Å². The number of hydrogen-bond acceptors (Lipinski definition) is 2. The van der Waals surface area contributed by atoms with Crippen LogP contribution in [0.5, 0.6) is 0 Å². The van der Waals surface area contributed by atoms with Gasteiger partial charge in [-0.25, -0.2) is 0 Å². The van der Waals surface area contributed by atoms with E-state index in [4.69, 9.17) is 0 Å². The summed E-state index contributed by atoms with van der Waals surface area (Å²) < 4.78 is 0. The fraction of sp³-hybridized carbons (Fsp3) is 0.938. The van der Waals surface area contributed by atoms with Crippen LogP contribution in [0.15, 0.2) is 0 Å². The van der Waals surface area contributed by atoms with Crippen LogP contribution in [0, 0.1) is 11.8 Å². The van der Waals surface area contributed by atoms with Crippen LogP contribution in [0.25, 0.3) is 0 Å². The summed E-state index contributed by atoms with van der Waals surface area (Å²) in [7, 11) is 0. The molecule has 0 aromatic heterocycles. The number of carbonyl (C=O) groups is 1. The molecule has 0 aromatic rings. The predicted octanol–water partition coefficient (Wildman–Crippen LogP) is 3.05. The van der Waals surface area contributed by atoms with Crippen LogP contribution >= 0.6 is 0 Å². The zero-order chi connectivity index (χ0) is 14.3. The summed E-state index contributed by atoms with van der Waals surface area (Å²) in [4.78, 5) is 14.3. The molecule has 1 rings (SSSR count). The third-order valence-corrected chi connectivity index (χ3v) is 3.99. The highest BCUT2D eigenvalue weighted by atomic mass is 16.2. The van der Waals surface area contributed by atoms with Gasteiger partial charge in [-0.1, -0.05) is 40.5 Å². The van der Waals surface area contributed by atoms with Crippen molar-refractivity contribution in [2.24, 2.45) is 11.8 Å². The van der Waals surface area contributed by atoms with Gasteiger partial charge in [0.2, 0.25) is 5.91 Å². The van der Waals surface area contributed by atoms with Gasteiger partial charge in [-0.3, -0.25) is 4.79 Å². The Hall–Kier alpha value is -0.570. The normalized spacial score (nSPS) is 23.9. The van der Waals surface area contributed by atoms with Crippen molar-refractivity contribution in [3.8, 4) is 0 Å². The number of hydrogen-bond donors (Lipinski definition) is 1. The third-order valence-electron chi connectivity index (χ3n) is 3.99. The number of unbranched alkanes of at least 4 members (excludes halogenated alkanes) is 1. The molecule has 2 atom stereocenters. The molecule has 19 heavy (non-hydrogen) atoms. The molecule has 1 amide bonds. The van der Waals surface area contributed by atoms with Gasteiger partial charge in [0.05, 0.1) is 0 Å². The Balaban J connectivity index is 2.57. The average Bonchev–Trinajstić information content (AvgIpc) is 2.41. The summed E-state index contributed by atoms with van der Waals surface area (Å²) in [6.07, 6.45) is 6.20.